The second-order valence-corrected chi connectivity index (χ2v) is 9.70. The molecule has 0 unspecified atom stereocenters. The van der Waals surface area contributed by atoms with Crippen LogP contribution in [0.25, 0.3) is 0 Å². The Hall–Kier alpha value is -2.02. The molecule has 0 bridgehead atoms. The van der Waals surface area contributed by atoms with Crippen LogP contribution in [-0.2, 0) is 20.0 Å². The quantitative estimate of drug-likeness (QED) is 0.768. The van der Waals surface area contributed by atoms with Crippen molar-refractivity contribution in [1.82, 2.24) is 4.72 Å². The molecule has 2 aromatic rings. The number of thioether (sulfide) groups is 1. The summed E-state index contributed by atoms with van der Waals surface area (Å²) in [7, 11) is -8.05. The van der Waals surface area contributed by atoms with Gasteiger partial charge in [0.15, 0.2) is 5.17 Å². The van der Waals surface area contributed by atoms with Crippen LogP contribution < -0.4 is 10.0 Å². The van der Waals surface area contributed by atoms with Gasteiger partial charge in [0.25, 0.3) is 10.0 Å². The van der Waals surface area contributed by atoms with Crippen molar-refractivity contribution in [2.24, 2.45) is 4.40 Å². The van der Waals surface area contributed by atoms with Crippen LogP contribution in [0.5, 0.6) is 0 Å². The molecule has 0 aromatic heterocycles. The number of rotatable bonds is 4. The Bertz CT molecular complexity index is 1150. The van der Waals surface area contributed by atoms with Gasteiger partial charge in [0.05, 0.1) is 10.6 Å². The summed E-state index contributed by atoms with van der Waals surface area (Å²) in [6.45, 7) is 1.75. The smallest absolute Gasteiger partial charge is 0.285 e. The van der Waals surface area contributed by atoms with Crippen LogP contribution in [0.3, 0.4) is 0 Å². The zero-order valence-electron chi connectivity index (χ0n) is 13.7. The maximum Gasteiger partial charge on any atom is 0.285 e. The number of nitrogens with zero attached hydrogens (tertiary/aromatic N) is 1. The number of hydrogen-bond donors (Lipinski definition) is 2. The molecule has 3 rings (SSSR count). The van der Waals surface area contributed by atoms with E-state index >= 15 is 0 Å². The van der Waals surface area contributed by atoms with Crippen molar-refractivity contribution in [3.8, 4) is 0 Å². The molecule has 7 nitrogen and oxygen atoms in total. The molecule has 2 aromatic carbocycles. The largest absolute Gasteiger partial charge is 0.331 e. The van der Waals surface area contributed by atoms with E-state index in [1.165, 1.54) is 12.1 Å². The first kappa shape index (κ1) is 19.7. The molecule has 0 spiro atoms. The Kier molecular flexibility index (Phi) is 5.25. The SMILES string of the molecule is CCNS(=O)(=O)c1ccc2c(c1)S(=O)(=O)N=C(Nc1ccc(F)cc1F)S2. The van der Waals surface area contributed by atoms with E-state index in [1.807, 2.05) is 0 Å². The highest BCUT2D eigenvalue weighted by molar-refractivity contribution is 8.15. The summed E-state index contributed by atoms with van der Waals surface area (Å²) in [6, 6.07) is 6.40. The predicted octanol–water partition coefficient (Wildman–Crippen LogP) is 2.53. The highest BCUT2D eigenvalue weighted by Crippen LogP contribution is 2.36. The molecule has 0 radical (unpaired) electrons. The number of halogens is 2. The first-order valence-corrected chi connectivity index (χ1v) is 11.2. The Labute approximate surface area is 159 Å². The van der Waals surface area contributed by atoms with Gasteiger partial charge in [-0.05, 0) is 42.1 Å². The first-order valence-electron chi connectivity index (χ1n) is 7.51. The maximum atomic E-state index is 13.8. The molecule has 0 aliphatic carbocycles. The standard InChI is InChI=1S/C15H13F2N3O4S3/c1-2-18-26(21,22)10-4-6-13-14(8-10)27(23,24)20-15(25-13)19-12-5-3-9(16)7-11(12)17/h3-8,18H,2H2,1H3,(H,19,20). The van der Waals surface area contributed by atoms with Gasteiger partial charge in [-0.1, -0.05) is 6.92 Å². The lowest BCUT2D eigenvalue weighted by atomic mass is 10.3. The summed E-state index contributed by atoms with van der Waals surface area (Å²) in [5.74, 6) is -1.68. The fraction of sp³-hybridized carbons (Fsp3) is 0.133. The third kappa shape index (κ3) is 4.13. The molecule has 1 aliphatic rings. The van der Waals surface area contributed by atoms with Gasteiger partial charge in [-0.25, -0.2) is 21.9 Å². The molecular formula is C15H13F2N3O4S3. The monoisotopic (exact) mass is 433 g/mol. The van der Waals surface area contributed by atoms with Gasteiger partial charge in [0.2, 0.25) is 10.0 Å². The van der Waals surface area contributed by atoms with E-state index in [2.05, 4.69) is 14.4 Å². The number of hydrogen-bond acceptors (Lipinski definition) is 6. The molecule has 0 fully saturated rings. The lowest BCUT2D eigenvalue weighted by molar-refractivity contribution is 0.582. The van der Waals surface area contributed by atoms with Crippen molar-refractivity contribution in [3.63, 3.8) is 0 Å². The van der Waals surface area contributed by atoms with E-state index < -0.39 is 31.7 Å². The molecule has 0 saturated carbocycles. The van der Waals surface area contributed by atoms with Crippen LogP contribution in [0.1, 0.15) is 6.92 Å². The van der Waals surface area contributed by atoms with E-state index in [9.17, 15) is 25.6 Å². The average molecular weight is 433 g/mol. The highest BCUT2D eigenvalue weighted by atomic mass is 32.2. The lowest BCUT2D eigenvalue weighted by Gasteiger charge is -2.17. The minimum Gasteiger partial charge on any atom is -0.331 e. The highest BCUT2D eigenvalue weighted by Gasteiger charge is 2.28. The van der Waals surface area contributed by atoms with Crippen LogP contribution in [0.2, 0.25) is 0 Å². The molecule has 144 valence electrons. The predicted molar refractivity (Wildman–Crippen MR) is 97.8 cm³/mol. The van der Waals surface area contributed by atoms with E-state index in [4.69, 9.17) is 0 Å². The fourth-order valence-corrected chi connectivity index (χ4v) is 5.90. The molecule has 0 amide bonds. The number of anilines is 1. The molecule has 27 heavy (non-hydrogen) atoms. The second kappa shape index (κ2) is 7.19. The van der Waals surface area contributed by atoms with Gasteiger partial charge in [-0.3, -0.25) is 0 Å². The minimum absolute atomic E-state index is 0.143. The van der Waals surface area contributed by atoms with Crippen LogP contribution in [0, 0.1) is 11.6 Å². The Morgan fingerprint density at radius 1 is 1.15 bits per heavy atom. The Balaban J connectivity index is 1.97. The van der Waals surface area contributed by atoms with Crippen LogP contribution >= 0.6 is 11.8 Å². The zero-order valence-corrected chi connectivity index (χ0v) is 16.2. The molecule has 0 saturated heterocycles. The van der Waals surface area contributed by atoms with Crippen LogP contribution in [-0.4, -0.2) is 28.5 Å². The fourth-order valence-electron chi connectivity index (χ4n) is 2.25. The molecular weight excluding hydrogens is 420 g/mol. The van der Waals surface area contributed by atoms with Crippen molar-refractivity contribution >= 4 is 42.7 Å². The van der Waals surface area contributed by atoms with Gasteiger partial charge in [-0.2, -0.15) is 8.42 Å². The Morgan fingerprint density at radius 3 is 2.56 bits per heavy atom. The van der Waals surface area contributed by atoms with Gasteiger partial charge in [-0.15, -0.1) is 4.40 Å². The number of amidine groups is 1. The molecule has 2 N–H and O–H groups in total. The van der Waals surface area contributed by atoms with Crippen LogP contribution in [0.4, 0.5) is 14.5 Å². The third-order valence-electron chi connectivity index (χ3n) is 3.42. The summed E-state index contributed by atoms with van der Waals surface area (Å²) >= 11 is 0.884. The van der Waals surface area contributed by atoms with Gasteiger partial charge < -0.3 is 5.32 Å². The lowest BCUT2D eigenvalue weighted by Crippen LogP contribution is -2.24. The summed E-state index contributed by atoms with van der Waals surface area (Å²) in [6.07, 6.45) is 0. The summed E-state index contributed by atoms with van der Waals surface area (Å²) in [5, 5.41) is 2.36. The van der Waals surface area contributed by atoms with Crippen molar-refractivity contribution in [3.05, 3.63) is 48.0 Å². The van der Waals surface area contributed by atoms with E-state index in [0.717, 1.165) is 30.0 Å². The number of nitrogens with one attached hydrogen (secondary N) is 2. The summed E-state index contributed by atoms with van der Waals surface area (Å²) in [5.41, 5.74) is -0.146. The third-order valence-corrected chi connectivity index (χ3v) is 7.49. The topological polar surface area (TPSA) is 105 Å². The maximum absolute atomic E-state index is 13.8. The van der Waals surface area contributed by atoms with E-state index in [1.54, 1.807) is 6.92 Å². The van der Waals surface area contributed by atoms with Gasteiger partial charge in [0, 0.05) is 17.5 Å². The van der Waals surface area contributed by atoms with Crippen molar-refractivity contribution in [2.45, 2.75) is 21.6 Å². The molecule has 1 heterocycles. The van der Waals surface area contributed by atoms with E-state index in [-0.39, 0.29) is 32.1 Å². The molecule has 0 atom stereocenters. The second-order valence-electron chi connectivity index (χ2n) is 5.33. The number of sulfonamides is 2. The normalized spacial score (nSPS) is 15.7. The van der Waals surface area contributed by atoms with Crippen LogP contribution in [0.15, 0.2) is 55.5 Å². The summed E-state index contributed by atoms with van der Waals surface area (Å²) < 4.78 is 81.6. The Morgan fingerprint density at radius 2 is 1.89 bits per heavy atom. The average Bonchev–Trinajstić information content (AvgIpc) is 2.56. The zero-order chi connectivity index (χ0) is 19.8. The van der Waals surface area contributed by atoms with E-state index in [0.29, 0.717) is 6.07 Å². The molecule has 12 heteroatoms. The van der Waals surface area contributed by atoms with Crippen molar-refractivity contribution in [1.29, 1.82) is 0 Å². The van der Waals surface area contributed by atoms with Gasteiger partial charge in [0.1, 0.15) is 16.5 Å². The van der Waals surface area contributed by atoms with Crippen molar-refractivity contribution < 1.29 is 25.6 Å². The van der Waals surface area contributed by atoms with Gasteiger partial charge >= 0.3 is 0 Å². The van der Waals surface area contributed by atoms with Crippen molar-refractivity contribution in [2.75, 3.05) is 11.9 Å². The first-order chi connectivity index (χ1) is 12.6. The number of benzene rings is 2. The molecule has 1 aliphatic heterocycles. The summed E-state index contributed by atoms with van der Waals surface area (Å²) in [4.78, 5) is -0.245. The number of fused-ring (bicyclic) bond motifs is 1. The minimum atomic E-state index is -4.21.